The summed E-state index contributed by atoms with van der Waals surface area (Å²) in [6.45, 7) is 3.27. The van der Waals surface area contributed by atoms with Crippen LogP contribution in [-0.4, -0.2) is 35.4 Å². The summed E-state index contributed by atoms with van der Waals surface area (Å²) >= 11 is 0. The summed E-state index contributed by atoms with van der Waals surface area (Å²) in [5, 5.41) is 18.2. The highest BCUT2D eigenvalue weighted by atomic mass is 19.3. The van der Waals surface area contributed by atoms with Gasteiger partial charge in [0, 0.05) is 18.9 Å². The predicted octanol–water partition coefficient (Wildman–Crippen LogP) is 4.63. The molecule has 0 saturated heterocycles. The van der Waals surface area contributed by atoms with Gasteiger partial charge in [0.1, 0.15) is 5.82 Å². The molecular formula is C22H23F2N7. The number of halogens is 2. The number of tetrazole rings is 1. The van der Waals surface area contributed by atoms with Crippen molar-refractivity contribution in [1.29, 1.82) is 0 Å². The molecule has 9 heteroatoms. The third kappa shape index (κ3) is 4.65. The normalized spacial score (nSPS) is 11.7. The molecule has 4 aromatic rings. The van der Waals surface area contributed by atoms with Crippen LogP contribution in [0.5, 0.6) is 0 Å². The van der Waals surface area contributed by atoms with Crippen LogP contribution in [0.1, 0.15) is 43.9 Å². The average Bonchev–Trinajstić information content (AvgIpc) is 3.43. The van der Waals surface area contributed by atoms with Crippen LogP contribution in [0.4, 0.5) is 8.78 Å². The number of nitrogens with one attached hydrogen (secondary N) is 1. The summed E-state index contributed by atoms with van der Waals surface area (Å²) in [5.41, 5.74) is 3.84. The second kappa shape index (κ2) is 8.71. The van der Waals surface area contributed by atoms with Crippen LogP contribution in [0.3, 0.4) is 0 Å². The number of rotatable bonds is 8. The zero-order valence-electron chi connectivity index (χ0n) is 17.4. The highest BCUT2D eigenvalue weighted by Crippen LogP contribution is 2.30. The predicted molar refractivity (Wildman–Crippen MR) is 112 cm³/mol. The molecule has 0 saturated carbocycles. The lowest BCUT2D eigenvalue weighted by Gasteiger charge is -2.09. The largest absolute Gasteiger partial charge is 0.305 e. The number of nitrogens with zero attached hydrogens (tertiary/aromatic N) is 6. The van der Waals surface area contributed by atoms with Gasteiger partial charge in [0.25, 0.3) is 0 Å². The molecule has 7 nitrogen and oxygen atoms in total. The minimum atomic E-state index is -3.06. The molecule has 0 fully saturated rings. The van der Waals surface area contributed by atoms with Crippen molar-refractivity contribution >= 4 is 0 Å². The Balaban J connectivity index is 1.60. The molecule has 2 heterocycles. The maximum absolute atomic E-state index is 13.7. The number of unbranched alkanes of at least 4 members (excludes halogenated alkanes) is 1. The second-order valence-corrected chi connectivity index (χ2v) is 7.49. The Morgan fingerprint density at radius 3 is 2.42 bits per heavy atom. The number of aryl methyl sites for hydroxylation is 1. The molecule has 160 valence electrons. The molecule has 0 aliphatic carbocycles. The smallest absolute Gasteiger partial charge is 0.245 e. The minimum absolute atomic E-state index is 0.385. The average molecular weight is 423 g/mol. The number of H-pyrrole nitrogens is 1. The zero-order valence-corrected chi connectivity index (χ0v) is 17.4. The van der Waals surface area contributed by atoms with Gasteiger partial charge in [-0.3, -0.25) is 0 Å². The maximum atomic E-state index is 13.7. The number of hydrogen-bond donors (Lipinski definition) is 1. The molecule has 0 amide bonds. The van der Waals surface area contributed by atoms with Crippen molar-refractivity contribution in [2.45, 2.75) is 45.6 Å². The fourth-order valence-electron chi connectivity index (χ4n) is 3.38. The fourth-order valence-corrected chi connectivity index (χ4v) is 3.38. The molecule has 0 atom stereocenters. The molecule has 0 aliphatic heterocycles. The highest BCUT2D eigenvalue weighted by Gasteiger charge is 2.31. The fraction of sp³-hybridized carbons (Fsp3) is 0.318. The Hall–Kier alpha value is -3.49. The van der Waals surface area contributed by atoms with E-state index in [-0.39, 0.29) is 0 Å². The Morgan fingerprint density at radius 2 is 1.77 bits per heavy atom. The lowest BCUT2D eigenvalue weighted by molar-refractivity contribution is 0.00756. The van der Waals surface area contributed by atoms with E-state index in [4.69, 9.17) is 0 Å². The van der Waals surface area contributed by atoms with E-state index >= 15 is 0 Å². The third-order valence-electron chi connectivity index (χ3n) is 5.02. The third-order valence-corrected chi connectivity index (χ3v) is 5.02. The topological polar surface area (TPSA) is 85.2 Å². The lowest BCUT2D eigenvalue weighted by atomic mass is 9.98. The standard InChI is InChI=1S/C22H23F2N7/c1-3-4-9-19-25-21(22(2,23)24)28-31(19)14-15-10-12-16(13-11-15)17-7-5-6-8-18(17)20-26-29-30-27-20/h5-8,10-13H,3-4,9,14H2,1-2H3,(H,26,27,29,30). The van der Waals surface area contributed by atoms with Crippen LogP contribution >= 0.6 is 0 Å². The summed E-state index contributed by atoms with van der Waals surface area (Å²) in [4.78, 5) is 4.10. The summed E-state index contributed by atoms with van der Waals surface area (Å²) in [6.07, 6.45) is 2.45. The van der Waals surface area contributed by atoms with Gasteiger partial charge in [-0.15, -0.1) is 10.2 Å². The Morgan fingerprint density at radius 1 is 1.03 bits per heavy atom. The van der Waals surface area contributed by atoms with Crippen molar-refractivity contribution in [2.75, 3.05) is 0 Å². The van der Waals surface area contributed by atoms with Crippen LogP contribution < -0.4 is 0 Å². The first-order chi connectivity index (χ1) is 15.0. The molecule has 0 aliphatic rings. The molecule has 0 unspecified atom stereocenters. The first-order valence-electron chi connectivity index (χ1n) is 10.2. The lowest BCUT2D eigenvalue weighted by Crippen LogP contribution is -2.11. The monoisotopic (exact) mass is 423 g/mol. The van der Waals surface area contributed by atoms with E-state index < -0.39 is 11.7 Å². The van der Waals surface area contributed by atoms with E-state index in [0.717, 1.165) is 42.0 Å². The van der Waals surface area contributed by atoms with E-state index in [1.807, 2.05) is 48.5 Å². The summed E-state index contributed by atoms with van der Waals surface area (Å²) < 4.78 is 29.1. The van der Waals surface area contributed by atoms with Crippen LogP contribution in [0, 0.1) is 0 Å². The summed E-state index contributed by atoms with van der Waals surface area (Å²) in [7, 11) is 0. The van der Waals surface area contributed by atoms with Gasteiger partial charge in [0.2, 0.25) is 5.82 Å². The van der Waals surface area contributed by atoms with Crippen molar-refractivity contribution in [1.82, 2.24) is 35.4 Å². The second-order valence-electron chi connectivity index (χ2n) is 7.49. The first kappa shape index (κ1) is 20.8. The molecule has 4 rings (SSSR count). The van der Waals surface area contributed by atoms with Crippen molar-refractivity contribution in [3.05, 3.63) is 65.7 Å². The quantitative estimate of drug-likeness (QED) is 0.447. The number of aromatic nitrogens is 7. The van der Waals surface area contributed by atoms with Crippen LogP contribution in [0.2, 0.25) is 0 Å². The Bertz CT molecular complexity index is 1130. The van der Waals surface area contributed by atoms with E-state index in [9.17, 15) is 8.78 Å². The van der Waals surface area contributed by atoms with Crippen LogP contribution in [0.25, 0.3) is 22.5 Å². The van der Waals surface area contributed by atoms with Gasteiger partial charge >= 0.3 is 5.92 Å². The molecule has 1 N–H and O–H groups in total. The van der Waals surface area contributed by atoms with E-state index in [1.54, 1.807) is 4.68 Å². The number of alkyl halides is 2. The van der Waals surface area contributed by atoms with Gasteiger partial charge in [-0.25, -0.2) is 14.8 Å². The van der Waals surface area contributed by atoms with E-state index in [1.165, 1.54) is 0 Å². The number of hydrogen-bond acceptors (Lipinski definition) is 5. The number of benzene rings is 2. The SMILES string of the molecule is CCCCc1nc(C(C)(F)F)nn1Cc1ccc(-c2ccccc2-c2nnn[nH]2)cc1. The minimum Gasteiger partial charge on any atom is -0.245 e. The van der Waals surface area contributed by atoms with Gasteiger partial charge in [0.05, 0.1) is 6.54 Å². The van der Waals surface area contributed by atoms with Gasteiger partial charge in [-0.2, -0.15) is 8.78 Å². The van der Waals surface area contributed by atoms with Crippen molar-refractivity contribution in [2.24, 2.45) is 0 Å². The van der Waals surface area contributed by atoms with Crippen LogP contribution in [-0.2, 0) is 18.9 Å². The molecular weight excluding hydrogens is 400 g/mol. The summed E-state index contributed by atoms with van der Waals surface area (Å²) in [6, 6.07) is 15.8. The van der Waals surface area contributed by atoms with E-state index in [2.05, 4.69) is 37.6 Å². The van der Waals surface area contributed by atoms with Crippen molar-refractivity contribution < 1.29 is 8.78 Å². The molecule has 0 spiro atoms. The van der Waals surface area contributed by atoms with Crippen molar-refractivity contribution in [3.8, 4) is 22.5 Å². The Labute approximate surface area is 178 Å². The first-order valence-corrected chi connectivity index (χ1v) is 10.2. The van der Waals surface area contributed by atoms with E-state index in [0.29, 0.717) is 24.6 Å². The van der Waals surface area contributed by atoms with Crippen LogP contribution in [0.15, 0.2) is 48.5 Å². The molecule has 0 radical (unpaired) electrons. The zero-order chi connectivity index (χ0) is 21.8. The van der Waals surface area contributed by atoms with Gasteiger partial charge in [-0.1, -0.05) is 61.9 Å². The summed E-state index contributed by atoms with van der Waals surface area (Å²) in [5.74, 6) is -2.30. The molecule has 2 aromatic carbocycles. The van der Waals surface area contributed by atoms with Gasteiger partial charge < -0.3 is 0 Å². The molecule has 0 bridgehead atoms. The number of aromatic amines is 1. The van der Waals surface area contributed by atoms with Gasteiger partial charge in [-0.05, 0) is 33.5 Å². The maximum Gasteiger partial charge on any atom is 0.305 e. The highest BCUT2D eigenvalue weighted by molar-refractivity contribution is 5.80. The molecule has 31 heavy (non-hydrogen) atoms. The Kier molecular flexibility index (Phi) is 5.83. The molecule has 2 aromatic heterocycles. The van der Waals surface area contributed by atoms with Crippen molar-refractivity contribution in [3.63, 3.8) is 0 Å². The van der Waals surface area contributed by atoms with Gasteiger partial charge in [0.15, 0.2) is 5.82 Å².